The molecule has 2 rings (SSSR count). The maximum Gasteiger partial charge on any atom is 0.251 e. The SMILES string of the molecule is CCOc1ccc(CC(=O)N2CCC[C@@](O)(C(N)=O)C2)cc1. The second-order valence-electron chi connectivity index (χ2n) is 5.57. The van der Waals surface area contributed by atoms with E-state index in [4.69, 9.17) is 10.5 Å². The topological polar surface area (TPSA) is 92.9 Å². The summed E-state index contributed by atoms with van der Waals surface area (Å²) >= 11 is 0. The Hall–Kier alpha value is -2.08. The molecule has 1 saturated heterocycles. The van der Waals surface area contributed by atoms with Crippen molar-refractivity contribution >= 4 is 11.8 Å². The molecule has 0 radical (unpaired) electrons. The van der Waals surface area contributed by atoms with Gasteiger partial charge in [-0.3, -0.25) is 9.59 Å². The minimum atomic E-state index is -1.60. The zero-order valence-electron chi connectivity index (χ0n) is 12.7. The summed E-state index contributed by atoms with van der Waals surface area (Å²) in [7, 11) is 0. The van der Waals surface area contributed by atoms with E-state index in [9.17, 15) is 14.7 Å². The Balaban J connectivity index is 1.98. The highest BCUT2D eigenvalue weighted by atomic mass is 16.5. The normalized spacial score (nSPS) is 21.5. The highest BCUT2D eigenvalue weighted by molar-refractivity contribution is 5.85. The number of nitrogens with zero attached hydrogens (tertiary/aromatic N) is 1. The summed E-state index contributed by atoms with van der Waals surface area (Å²) in [6, 6.07) is 7.32. The predicted molar refractivity (Wildman–Crippen MR) is 81.3 cm³/mol. The number of likely N-dealkylation sites (tertiary alicyclic amines) is 1. The van der Waals surface area contributed by atoms with Gasteiger partial charge in [0.1, 0.15) is 5.75 Å². The Morgan fingerprint density at radius 3 is 2.64 bits per heavy atom. The van der Waals surface area contributed by atoms with Crippen LogP contribution >= 0.6 is 0 Å². The van der Waals surface area contributed by atoms with Gasteiger partial charge in [0.05, 0.1) is 19.6 Å². The van der Waals surface area contributed by atoms with Gasteiger partial charge in [0.25, 0.3) is 5.91 Å². The number of hydrogen-bond acceptors (Lipinski definition) is 4. The molecule has 22 heavy (non-hydrogen) atoms. The largest absolute Gasteiger partial charge is 0.494 e. The third-order valence-corrected chi connectivity index (χ3v) is 3.87. The van der Waals surface area contributed by atoms with E-state index in [1.165, 1.54) is 4.90 Å². The molecule has 3 N–H and O–H groups in total. The number of β-amino-alcohol motifs (C(OH)–C–C–N with tert-alkyl or cyclic N) is 1. The average molecular weight is 306 g/mol. The molecule has 6 heteroatoms. The third-order valence-electron chi connectivity index (χ3n) is 3.87. The first-order chi connectivity index (χ1) is 10.4. The van der Waals surface area contributed by atoms with Crippen molar-refractivity contribution in [3.63, 3.8) is 0 Å². The van der Waals surface area contributed by atoms with E-state index in [1.54, 1.807) is 0 Å². The number of aliphatic hydroxyl groups is 1. The Morgan fingerprint density at radius 2 is 2.05 bits per heavy atom. The van der Waals surface area contributed by atoms with Crippen LogP contribution < -0.4 is 10.5 Å². The summed E-state index contributed by atoms with van der Waals surface area (Å²) in [5.41, 5.74) is 4.48. The third kappa shape index (κ3) is 3.76. The van der Waals surface area contributed by atoms with Gasteiger partial charge in [0, 0.05) is 6.54 Å². The summed E-state index contributed by atoms with van der Waals surface area (Å²) in [6.45, 7) is 3.01. The standard InChI is InChI=1S/C16H22N2O4/c1-2-22-13-6-4-12(5-7-13)10-14(19)18-9-3-8-16(21,11-18)15(17)20/h4-7,21H,2-3,8-11H2,1H3,(H2,17,20)/t16-/m0/s1. The molecule has 1 atom stereocenters. The second-order valence-corrected chi connectivity index (χ2v) is 5.57. The van der Waals surface area contributed by atoms with Crippen molar-refractivity contribution in [1.29, 1.82) is 0 Å². The van der Waals surface area contributed by atoms with Gasteiger partial charge < -0.3 is 20.5 Å². The smallest absolute Gasteiger partial charge is 0.251 e. The summed E-state index contributed by atoms with van der Waals surface area (Å²) in [4.78, 5) is 25.1. The fourth-order valence-electron chi connectivity index (χ4n) is 2.61. The van der Waals surface area contributed by atoms with Crippen LogP contribution in [0.15, 0.2) is 24.3 Å². The van der Waals surface area contributed by atoms with Gasteiger partial charge in [0.2, 0.25) is 5.91 Å². The lowest BCUT2D eigenvalue weighted by Gasteiger charge is -2.37. The molecule has 0 unspecified atom stereocenters. The molecule has 0 saturated carbocycles. The van der Waals surface area contributed by atoms with Crippen molar-refractivity contribution in [3.05, 3.63) is 29.8 Å². The molecule has 1 aliphatic rings. The van der Waals surface area contributed by atoms with Crippen molar-refractivity contribution in [1.82, 2.24) is 4.90 Å². The highest BCUT2D eigenvalue weighted by Gasteiger charge is 2.39. The van der Waals surface area contributed by atoms with Crippen LogP contribution in [0.2, 0.25) is 0 Å². The first kappa shape index (κ1) is 16.3. The number of primary amides is 1. The number of nitrogens with two attached hydrogens (primary N) is 1. The summed E-state index contributed by atoms with van der Waals surface area (Å²) in [6.07, 6.45) is 1.09. The van der Waals surface area contributed by atoms with Crippen LogP contribution in [0, 0.1) is 0 Å². The average Bonchev–Trinajstić information content (AvgIpc) is 2.49. The van der Waals surface area contributed by atoms with E-state index in [1.807, 2.05) is 31.2 Å². The lowest BCUT2D eigenvalue weighted by atomic mass is 9.92. The van der Waals surface area contributed by atoms with Crippen molar-refractivity contribution in [3.8, 4) is 5.75 Å². The zero-order valence-corrected chi connectivity index (χ0v) is 12.7. The first-order valence-electron chi connectivity index (χ1n) is 7.46. The Morgan fingerprint density at radius 1 is 1.36 bits per heavy atom. The quantitative estimate of drug-likeness (QED) is 0.827. The van der Waals surface area contributed by atoms with Crippen LogP contribution in [0.4, 0.5) is 0 Å². The molecule has 0 aliphatic carbocycles. The van der Waals surface area contributed by atoms with Crippen molar-refractivity contribution in [2.45, 2.75) is 31.8 Å². The van der Waals surface area contributed by atoms with Gasteiger partial charge in [-0.05, 0) is 37.5 Å². The maximum absolute atomic E-state index is 12.3. The zero-order chi connectivity index (χ0) is 16.2. The van der Waals surface area contributed by atoms with Crippen molar-refractivity contribution < 1.29 is 19.4 Å². The molecule has 1 aromatic carbocycles. The van der Waals surface area contributed by atoms with Crippen LogP contribution in [-0.2, 0) is 16.0 Å². The number of hydrogen-bond donors (Lipinski definition) is 2. The molecule has 0 aromatic heterocycles. The number of benzene rings is 1. The van der Waals surface area contributed by atoms with Gasteiger partial charge in [-0.15, -0.1) is 0 Å². The lowest BCUT2D eigenvalue weighted by molar-refractivity contribution is -0.148. The number of amides is 2. The first-order valence-corrected chi connectivity index (χ1v) is 7.46. The fraction of sp³-hybridized carbons (Fsp3) is 0.500. The molecule has 0 bridgehead atoms. The predicted octanol–water partition coefficient (Wildman–Crippen LogP) is 0.467. The molecule has 1 fully saturated rings. The number of carbonyl (C=O) groups excluding carboxylic acids is 2. The molecule has 0 spiro atoms. The Bertz CT molecular complexity index is 544. The number of rotatable bonds is 5. The van der Waals surface area contributed by atoms with E-state index < -0.39 is 11.5 Å². The van der Waals surface area contributed by atoms with Crippen LogP contribution in [0.25, 0.3) is 0 Å². The van der Waals surface area contributed by atoms with Gasteiger partial charge in [-0.1, -0.05) is 12.1 Å². The summed E-state index contributed by atoms with van der Waals surface area (Å²) in [5.74, 6) is -0.130. The van der Waals surface area contributed by atoms with E-state index in [0.717, 1.165) is 11.3 Å². The van der Waals surface area contributed by atoms with Gasteiger partial charge >= 0.3 is 0 Å². The van der Waals surface area contributed by atoms with Crippen LogP contribution in [0.5, 0.6) is 5.75 Å². The van der Waals surface area contributed by atoms with E-state index in [0.29, 0.717) is 26.0 Å². The van der Waals surface area contributed by atoms with Gasteiger partial charge in [-0.25, -0.2) is 0 Å². The molecule has 1 heterocycles. The minimum Gasteiger partial charge on any atom is -0.494 e. The van der Waals surface area contributed by atoms with Crippen LogP contribution in [-0.4, -0.2) is 47.1 Å². The number of ether oxygens (including phenoxy) is 1. The minimum absolute atomic E-state index is 0.0296. The van der Waals surface area contributed by atoms with Gasteiger partial charge in [-0.2, -0.15) is 0 Å². The van der Waals surface area contributed by atoms with Crippen LogP contribution in [0.3, 0.4) is 0 Å². The van der Waals surface area contributed by atoms with Crippen LogP contribution in [0.1, 0.15) is 25.3 Å². The Labute approximate surface area is 129 Å². The second kappa shape index (κ2) is 6.79. The van der Waals surface area contributed by atoms with E-state index >= 15 is 0 Å². The van der Waals surface area contributed by atoms with E-state index in [-0.39, 0.29) is 18.9 Å². The lowest BCUT2D eigenvalue weighted by Crippen LogP contribution is -2.57. The molecule has 120 valence electrons. The molecule has 2 amide bonds. The highest BCUT2D eigenvalue weighted by Crippen LogP contribution is 2.22. The summed E-state index contributed by atoms with van der Waals surface area (Å²) in [5, 5.41) is 10.1. The molecule has 6 nitrogen and oxygen atoms in total. The monoisotopic (exact) mass is 306 g/mol. The number of carbonyl (C=O) groups is 2. The van der Waals surface area contributed by atoms with Crippen molar-refractivity contribution in [2.24, 2.45) is 5.73 Å². The Kier molecular flexibility index (Phi) is 5.03. The molecule has 1 aliphatic heterocycles. The maximum atomic E-state index is 12.3. The summed E-state index contributed by atoms with van der Waals surface area (Å²) < 4.78 is 5.36. The number of piperidine rings is 1. The van der Waals surface area contributed by atoms with Crippen molar-refractivity contribution in [2.75, 3.05) is 19.7 Å². The molecular formula is C16H22N2O4. The molecule has 1 aromatic rings. The van der Waals surface area contributed by atoms with E-state index in [2.05, 4.69) is 0 Å². The molecular weight excluding hydrogens is 284 g/mol. The van der Waals surface area contributed by atoms with Gasteiger partial charge in [0.15, 0.2) is 5.60 Å². The fourth-order valence-corrected chi connectivity index (χ4v) is 2.61.